The van der Waals surface area contributed by atoms with Crippen LogP contribution in [0.15, 0.2) is 42.6 Å². The largest absolute Gasteiger partial charge is 0.304 e. The lowest BCUT2D eigenvalue weighted by Gasteiger charge is -1.99. The monoisotopic (exact) mass is 240 g/mol. The van der Waals surface area contributed by atoms with Crippen molar-refractivity contribution in [3.63, 3.8) is 0 Å². The van der Waals surface area contributed by atoms with E-state index >= 15 is 0 Å². The third-order valence-corrected chi connectivity index (χ3v) is 3.14. The lowest BCUT2D eigenvalue weighted by Crippen LogP contribution is -1.87. The van der Waals surface area contributed by atoms with Crippen LogP contribution >= 0.6 is 0 Å². The van der Waals surface area contributed by atoms with Gasteiger partial charge in [-0.3, -0.25) is 0 Å². The average molecular weight is 240 g/mol. The topological polar surface area (TPSA) is 17.3 Å². The third-order valence-electron chi connectivity index (χ3n) is 3.14. The molecule has 0 atom stereocenters. The molecule has 0 aliphatic carbocycles. The van der Waals surface area contributed by atoms with Gasteiger partial charge < -0.3 is 4.40 Å². The maximum atomic E-state index is 12.9. The van der Waals surface area contributed by atoms with E-state index in [1.165, 1.54) is 17.7 Å². The zero-order chi connectivity index (χ0) is 12.7. The molecule has 0 radical (unpaired) electrons. The molecule has 0 spiro atoms. The molecule has 2 heterocycles. The van der Waals surface area contributed by atoms with Crippen LogP contribution in [0.25, 0.3) is 16.9 Å². The second kappa shape index (κ2) is 3.95. The van der Waals surface area contributed by atoms with E-state index in [-0.39, 0.29) is 5.82 Å². The van der Waals surface area contributed by atoms with Crippen LogP contribution in [0.2, 0.25) is 0 Å². The molecule has 0 saturated heterocycles. The quantitative estimate of drug-likeness (QED) is 0.633. The first-order chi connectivity index (χ1) is 8.65. The van der Waals surface area contributed by atoms with Gasteiger partial charge in [-0.1, -0.05) is 0 Å². The average Bonchev–Trinajstić information content (AvgIpc) is 2.67. The number of aromatic nitrogens is 2. The van der Waals surface area contributed by atoms with E-state index in [1.807, 2.05) is 30.5 Å². The number of imidazole rings is 1. The van der Waals surface area contributed by atoms with Crippen LogP contribution in [0.4, 0.5) is 4.39 Å². The first-order valence-electron chi connectivity index (χ1n) is 5.86. The molecule has 0 bridgehead atoms. The van der Waals surface area contributed by atoms with E-state index < -0.39 is 0 Å². The van der Waals surface area contributed by atoms with Gasteiger partial charge in [-0.2, -0.15) is 0 Å². The second-order valence-electron chi connectivity index (χ2n) is 4.49. The summed E-state index contributed by atoms with van der Waals surface area (Å²) in [7, 11) is 0. The van der Waals surface area contributed by atoms with Crippen molar-refractivity contribution in [2.75, 3.05) is 0 Å². The van der Waals surface area contributed by atoms with Crippen molar-refractivity contribution in [2.45, 2.75) is 13.8 Å². The summed E-state index contributed by atoms with van der Waals surface area (Å²) >= 11 is 0. The van der Waals surface area contributed by atoms with Crippen LogP contribution in [-0.4, -0.2) is 9.38 Å². The van der Waals surface area contributed by atoms with Crippen molar-refractivity contribution in [2.24, 2.45) is 0 Å². The molecule has 2 nitrogen and oxygen atoms in total. The predicted octanol–water partition coefficient (Wildman–Crippen LogP) is 3.76. The van der Waals surface area contributed by atoms with Crippen molar-refractivity contribution in [3.05, 3.63) is 59.7 Å². The number of aryl methyl sites for hydroxylation is 2. The van der Waals surface area contributed by atoms with Gasteiger partial charge in [-0.15, -0.1) is 0 Å². The molecular formula is C15H13FN2. The number of hydrogen-bond donors (Lipinski definition) is 0. The molecule has 18 heavy (non-hydrogen) atoms. The molecule has 0 unspecified atom stereocenters. The molecule has 3 rings (SSSR count). The fourth-order valence-corrected chi connectivity index (χ4v) is 2.15. The number of hydrogen-bond acceptors (Lipinski definition) is 1. The van der Waals surface area contributed by atoms with Gasteiger partial charge in [-0.25, -0.2) is 9.37 Å². The number of fused-ring (bicyclic) bond motifs is 1. The molecule has 90 valence electrons. The molecule has 1 aromatic carbocycles. The van der Waals surface area contributed by atoms with Crippen molar-refractivity contribution < 1.29 is 4.39 Å². The molecule has 2 aromatic heterocycles. The van der Waals surface area contributed by atoms with Crippen LogP contribution in [-0.2, 0) is 0 Å². The van der Waals surface area contributed by atoms with Crippen molar-refractivity contribution in [3.8, 4) is 11.3 Å². The van der Waals surface area contributed by atoms with E-state index in [0.717, 1.165) is 22.6 Å². The Morgan fingerprint density at radius 3 is 2.50 bits per heavy atom. The highest BCUT2D eigenvalue weighted by Crippen LogP contribution is 2.24. The summed E-state index contributed by atoms with van der Waals surface area (Å²) in [5, 5.41) is 0. The van der Waals surface area contributed by atoms with Crippen LogP contribution in [0.3, 0.4) is 0 Å². The van der Waals surface area contributed by atoms with Gasteiger partial charge in [0.2, 0.25) is 0 Å². The number of benzene rings is 1. The van der Waals surface area contributed by atoms with E-state index in [0.29, 0.717) is 0 Å². The zero-order valence-corrected chi connectivity index (χ0v) is 10.3. The number of pyridine rings is 1. The maximum absolute atomic E-state index is 12.9. The Hall–Kier alpha value is -2.16. The molecule has 0 aliphatic rings. The Balaban J connectivity index is 2.23. The lowest BCUT2D eigenvalue weighted by molar-refractivity contribution is 0.628. The molecule has 0 saturated carbocycles. The summed E-state index contributed by atoms with van der Waals surface area (Å²) in [6, 6.07) is 10.5. The van der Waals surface area contributed by atoms with Crippen LogP contribution in [0.5, 0.6) is 0 Å². The van der Waals surface area contributed by atoms with Gasteiger partial charge >= 0.3 is 0 Å². The van der Waals surface area contributed by atoms with E-state index in [4.69, 9.17) is 0 Å². The summed E-state index contributed by atoms with van der Waals surface area (Å²) in [6.07, 6.45) is 2.01. The summed E-state index contributed by atoms with van der Waals surface area (Å²) in [5.74, 6) is -0.226. The summed E-state index contributed by atoms with van der Waals surface area (Å²) in [5.41, 5.74) is 5.01. The van der Waals surface area contributed by atoms with Crippen LogP contribution < -0.4 is 0 Å². The van der Waals surface area contributed by atoms with Gasteiger partial charge in [0.05, 0.1) is 5.69 Å². The maximum Gasteiger partial charge on any atom is 0.137 e. The molecule has 3 heteroatoms. The highest BCUT2D eigenvalue weighted by molar-refractivity contribution is 5.66. The first kappa shape index (κ1) is 11.0. The Morgan fingerprint density at radius 2 is 1.78 bits per heavy atom. The molecule has 0 aliphatic heterocycles. The normalized spacial score (nSPS) is 11.1. The summed E-state index contributed by atoms with van der Waals surface area (Å²) in [6.45, 7) is 4.07. The SMILES string of the molecule is Cc1ccn2c(C)c(-c3ccc(F)cc3)nc2c1. The highest BCUT2D eigenvalue weighted by atomic mass is 19.1. The molecule has 3 aromatic rings. The number of halogens is 1. The second-order valence-corrected chi connectivity index (χ2v) is 4.49. The Morgan fingerprint density at radius 1 is 1.06 bits per heavy atom. The molecule has 0 amide bonds. The van der Waals surface area contributed by atoms with Crippen molar-refractivity contribution >= 4 is 5.65 Å². The molecule has 0 fully saturated rings. The van der Waals surface area contributed by atoms with E-state index in [2.05, 4.69) is 11.1 Å². The number of nitrogens with zero attached hydrogens (tertiary/aromatic N) is 2. The Bertz CT molecular complexity index is 711. The minimum absolute atomic E-state index is 0.226. The molecular weight excluding hydrogens is 227 g/mol. The predicted molar refractivity (Wildman–Crippen MR) is 70.1 cm³/mol. The fraction of sp³-hybridized carbons (Fsp3) is 0.133. The Labute approximate surface area is 105 Å². The van der Waals surface area contributed by atoms with E-state index in [9.17, 15) is 4.39 Å². The Kier molecular flexibility index (Phi) is 2.40. The first-order valence-corrected chi connectivity index (χ1v) is 5.86. The van der Waals surface area contributed by atoms with Crippen LogP contribution in [0, 0.1) is 19.7 Å². The van der Waals surface area contributed by atoms with Crippen molar-refractivity contribution in [1.82, 2.24) is 9.38 Å². The standard InChI is InChI=1S/C15H13FN2/c1-10-7-8-18-11(2)15(17-14(18)9-10)12-3-5-13(16)6-4-12/h3-9H,1-2H3. The van der Waals surface area contributed by atoms with Gasteiger partial charge in [0.1, 0.15) is 11.5 Å². The highest BCUT2D eigenvalue weighted by Gasteiger charge is 2.10. The van der Waals surface area contributed by atoms with E-state index in [1.54, 1.807) is 12.1 Å². The number of rotatable bonds is 1. The van der Waals surface area contributed by atoms with Gasteiger partial charge in [0.25, 0.3) is 0 Å². The minimum Gasteiger partial charge on any atom is -0.304 e. The smallest absolute Gasteiger partial charge is 0.137 e. The molecule has 0 N–H and O–H groups in total. The summed E-state index contributed by atoms with van der Waals surface area (Å²) in [4.78, 5) is 4.61. The third kappa shape index (κ3) is 1.68. The van der Waals surface area contributed by atoms with Gasteiger partial charge in [0.15, 0.2) is 0 Å². The fourth-order valence-electron chi connectivity index (χ4n) is 2.15. The lowest BCUT2D eigenvalue weighted by atomic mass is 10.1. The van der Waals surface area contributed by atoms with Crippen LogP contribution in [0.1, 0.15) is 11.3 Å². The minimum atomic E-state index is -0.226. The van der Waals surface area contributed by atoms with Gasteiger partial charge in [0, 0.05) is 17.5 Å². The van der Waals surface area contributed by atoms with Gasteiger partial charge in [-0.05, 0) is 55.8 Å². The van der Waals surface area contributed by atoms with Crippen molar-refractivity contribution in [1.29, 1.82) is 0 Å². The zero-order valence-electron chi connectivity index (χ0n) is 10.3. The summed E-state index contributed by atoms with van der Waals surface area (Å²) < 4.78 is 15.0.